The number of hydrogen-bond donors (Lipinski definition) is 2. The van der Waals surface area contributed by atoms with E-state index in [1.54, 1.807) is 62.8 Å². The van der Waals surface area contributed by atoms with Crippen molar-refractivity contribution in [1.82, 2.24) is 0 Å². The van der Waals surface area contributed by atoms with E-state index < -0.39 is 5.91 Å². The summed E-state index contributed by atoms with van der Waals surface area (Å²) in [5, 5.41) is 2.69. The van der Waals surface area contributed by atoms with E-state index >= 15 is 0 Å². The molecule has 0 bridgehead atoms. The first kappa shape index (κ1) is 17.1. The Labute approximate surface area is 139 Å². The van der Waals surface area contributed by atoms with Crippen LogP contribution in [0.3, 0.4) is 0 Å². The highest BCUT2D eigenvalue weighted by atomic mass is 16.5. The molecule has 2 aromatic carbocycles. The number of anilines is 1. The van der Waals surface area contributed by atoms with E-state index in [-0.39, 0.29) is 5.91 Å². The summed E-state index contributed by atoms with van der Waals surface area (Å²) in [6.45, 7) is 0. The average molecular weight is 326 g/mol. The molecule has 0 atom stereocenters. The van der Waals surface area contributed by atoms with Crippen LogP contribution in [-0.2, 0) is 4.79 Å². The van der Waals surface area contributed by atoms with Crippen LogP contribution in [0.1, 0.15) is 15.9 Å². The van der Waals surface area contributed by atoms with Crippen molar-refractivity contribution in [3.8, 4) is 11.5 Å². The maximum absolute atomic E-state index is 12.0. The molecule has 2 rings (SSSR count). The van der Waals surface area contributed by atoms with E-state index in [1.165, 1.54) is 6.08 Å². The van der Waals surface area contributed by atoms with Crippen molar-refractivity contribution in [3.05, 3.63) is 59.7 Å². The highest BCUT2D eigenvalue weighted by Gasteiger charge is 2.04. The monoisotopic (exact) mass is 326 g/mol. The molecule has 6 heteroatoms. The molecule has 0 spiro atoms. The molecule has 2 aromatic rings. The van der Waals surface area contributed by atoms with E-state index in [2.05, 4.69) is 5.32 Å². The van der Waals surface area contributed by atoms with Crippen molar-refractivity contribution in [1.29, 1.82) is 0 Å². The van der Waals surface area contributed by atoms with Gasteiger partial charge in [0.25, 0.3) is 0 Å². The summed E-state index contributed by atoms with van der Waals surface area (Å²) in [5.74, 6) is 0.466. The molecule has 0 aromatic heterocycles. The lowest BCUT2D eigenvalue weighted by Crippen LogP contribution is -2.11. The summed E-state index contributed by atoms with van der Waals surface area (Å²) in [6, 6.07) is 11.6. The zero-order chi connectivity index (χ0) is 17.5. The van der Waals surface area contributed by atoms with Crippen LogP contribution in [0.4, 0.5) is 5.69 Å². The molecule has 0 aliphatic rings. The fourth-order valence-corrected chi connectivity index (χ4v) is 2.04. The summed E-state index contributed by atoms with van der Waals surface area (Å²) in [6.07, 6.45) is 3.02. The molecule has 0 heterocycles. The van der Waals surface area contributed by atoms with Crippen LogP contribution in [0.25, 0.3) is 6.08 Å². The van der Waals surface area contributed by atoms with Gasteiger partial charge in [-0.3, -0.25) is 9.59 Å². The number of primary amides is 1. The Morgan fingerprint density at radius 2 is 1.75 bits per heavy atom. The molecule has 124 valence electrons. The topological polar surface area (TPSA) is 90.7 Å². The van der Waals surface area contributed by atoms with Crippen molar-refractivity contribution in [3.63, 3.8) is 0 Å². The summed E-state index contributed by atoms with van der Waals surface area (Å²) < 4.78 is 10.4. The SMILES string of the molecule is COc1ccc(OC)c(/C=C/C(=O)Nc2ccc(C(N)=O)cc2)c1. The predicted octanol–water partition coefficient (Wildman–Crippen LogP) is 2.45. The summed E-state index contributed by atoms with van der Waals surface area (Å²) in [4.78, 5) is 23.0. The van der Waals surface area contributed by atoms with Gasteiger partial charge in [0, 0.05) is 22.9 Å². The molecule has 6 nitrogen and oxygen atoms in total. The Hall–Kier alpha value is -3.28. The second-order valence-corrected chi connectivity index (χ2v) is 4.87. The van der Waals surface area contributed by atoms with Gasteiger partial charge in [-0.25, -0.2) is 0 Å². The van der Waals surface area contributed by atoms with Crippen molar-refractivity contribution >= 4 is 23.6 Å². The predicted molar refractivity (Wildman–Crippen MR) is 92.2 cm³/mol. The number of ether oxygens (including phenoxy) is 2. The van der Waals surface area contributed by atoms with Gasteiger partial charge >= 0.3 is 0 Å². The van der Waals surface area contributed by atoms with E-state index in [0.29, 0.717) is 22.7 Å². The van der Waals surface area contributed by atoms with Gasteiger partial charge in [-0.2, -0.15) is 0 Å². The molecular formula is C18H18N2O4. The smallest absolute Gasteiger partial charge is 0.248 e. The van der Waals surface area contributed by atoms with Gasteiger partial charge in [-0.15, -0.1) is 0 Å². The van der Waals surface area contributed by atoms with Crippen LogP contribution in [0, 0.1) is 0 Å². The quantitative estimate of drug-likeness (QED) is 0.798. The Morgan fingerprint density at radius 1 is 1.04 bits per heavy atom. The lowest BCUT2D eigenvalue weighted by Gasteiger charge is -2.07. The highest BCUT2D eigenvalue weighted by molar-refractivity contribution is 6.02. The number of carbonyl (C=O) groups is 2. The van der Waals surface area contributed by atoms with Crippen molar-refractivity contribution in [2.24, 2.45) is 5.73 Å². The zero-order valence-electron chi connectivity index (χ0n) is 13.4. The second-order valence-electron chi connectivity index (χ2n) is 4.87. The van der Waals surface area contributed by atoms with E-state index in [4.69, 9.17) is 15.2 Å². The van der Waals surface area contributed by atoms with Crippen LogP contribution >= 0.6 is 0 Å². The fourth-order valence-electron chi connectivity index (χ4n) is 2.04. The third-order valence-corrected chi connectivity index (χ3v) is 3.29. The molecule has 0 saturated carbocycles. The molecule has 3 N–H and O–H groups in total. The minimum Gasteiger partial charge on any atom is -0.497 e. The molecule has 24 heavy (non-hydrogen) atoms. The van der Waals surface area contributed by atoms with Crippen LogP contribution in [-0.4, -0.2) is 26.0 Å². The van der Waals surface area contributed by atoms with E-state index in [0.717, 1.165) is 5.56 Å². The third kappa shape index (κ3) is 4.36. The standard InChI is InChI=1S/C18H18N2O4/c1-23-15-8-9-16(24-2)13(11-15)5-10-17(21)20-14-6-3-12(4-7-14)18(19)22/h3-11H,1-2H3,(H2,19,22)(H,20,21)/b10-5+. The Bertz CT molecular complexity index is 767. The van der Waals surface area contributed by atoms with Crippen molar-refractivity contribution in [2.45, 2.75) is 0 Å². The van der Waals surface area contributed by atoms with Crippen LogP contribution in [0.15, 0.2) is 48.5 Å². The van der Waals surface area contributed by atoms with Gasteiger partial charge in [0.2, 0.25) is 11.8 Å². The van der Waals surface area contributed by atoms with Gasteiger partial charge in [0.05, 0.1) is 14.2 Å². The molecule has 0 aliphatic carbocycles. The summed E-state index contributed by atoms with van der Waals surface area (Å²) >= 11 is 0. The maximum atomic E-state index is 12.0. The number of methoxy groups -OCH3 is 2. The highest BCUT2D eigenvalue weighted by Crippen LogP contribution is 2.25. The number of amides is 2. The first-order chi connectivity index (χ1) is 11.5. The van der Waals surface area contributed by atoms with Crippen LogP contribution in [0.5, 0.6) is 11.5 Å². The van der Waals surface area contributed by atoms with Gasteiger partial charge in [0.1, 0.15) is 11.5 Å². The lowest BCUT2D eigenvalue weighted by atomic mass is 10.1. The van der Waals surface area contributed by atoms with Gasteiger partial charge in [-0.1, -0.05) is 0 Å². The number of nitrogens with two attached hydrogens (primary N) is 1. The Kier molecular flexibility index (Phi) is 5.57. The molecule has 0 radical (unpaired) electrons. The number of nitrogens with one attached hydrogen (secondary N) is 1. The number of carbonyl (C=O) groups excluding carboxylic acids is 2. The van der Waals surface area contributed by atoms with E-state index in [9.17, 15) is 9.59 Å². The summed E-state index contributed by atoms with van der Waals surface area (Å²) in [5.41, 5.74) is 6.83. The Morgan fingerprint density at radius 3 is 2.33 bits per heavy atom. The zero-order valence-corrected chi connectivity index (χ0v) is 13.4. The van der Waals surface area contributed by atoms with Crippen molar-refractivity contribution < 1.29 is 19.1 Å². The van der Waals surface area contributed by atoms with Crippen LogP contribution < -0.4 is 20.5 Å². The number of rotatable bonds is 6. The first-order valence-electron chi connectivity index (χ1n) is 7.14. The normalized spacial score (nSPS) is 10.4. The fraction of sp³-hybridized carbons (Fsp3) is 0.111. The number of hydrogen-bond acceptors (Lipinski definition) is 4. The molecular weight excluding hydrogens is 308 g/mol. The van der Waals surface area contributed by atoms with Gasteiger partial charge in [0.15, 0.2) is 0 Å². The third-order valence-electron chi connectivity index (χ3n) is 3.29. The van der Waals surface area contributed by atoms with Crippen molar-refractivity contribution in [2.75, 3.05) is 19.5 Å². The van der Waals surface area contributed by atoms with E-state index in [1.807, 2.05) is 0 Å². The summed E-state index contributed by atoms with van der Waals surface area (Å²) in [7, 11) is 3.12. The Balaban J connectivity index is 2.08. The average Bonchev–Trinajstić information content (AvgIpc) is 2.60. The largest absolute Gasteiger partial charge is 0.497 e. The lowest BCUT2D eigenvalue weighted by molar-refractivity contribution is -0.111. The molecule has 0 unspecified atom stereocenters. The molecule has 0 saturated heterocycles. The number of benzene rings is 2. The first-order valence-corrected chi connectivity index (χ1v) is 7.14. The molecule has 0 fully saturated rings. The second kappa shape index (κ2) is 7.82. The maximum Gasteiger partial charge on any atom is 0.248 e. The minimum absolute atomic E-state index is 0.313. The minimum atomic E-state index is -0.516. The van der Waals surface area contributed by atoms with Crippen LogP contribution in [0.2, 0.25) is 0 Å². The van der Waals surface area contributed by atoms with Gasteiger partial charge in [-0.05, 0) is 48.5 Å². The van der Waals surface area contributed by atoms with Gasteiger partial charge < -0.3 is 20.5 Å². The molecule has 2 amide bonds. The molecule has 0 aliphatic heterocycles.